The van der Waals surface area contributed by atoms with Crippen molar-refractivity contribution in [2.24, 2.45) is 0 Å². The van der Waals surface area contributed by atoms with Crippen LogP contribution in [0.25, 0.3) is 0 Å². The van der Waals surface area contributed by atoms with Crippen LogP contribution in [0.2, 0.25) is 0 Å². The zero-order valence-corrected chi connectivity index (χ0v) is 14.4. The number of amides is 1. The smallest absolute Gasteiger partial charge is 0.261 e. The topological polar surface area (TPSA) is 51.2 Å². The zero-order valence-electron chi connectivity index (χ0n) is 13.6. The van der Waals surface area contributed by atoms with E-state index in [9.17, 15) is 9.18 Å². The van der Waals surface area contributed by atoms with Gasteiger partial charge in [-0.2, -0.15) is 0 Å². The predicted molar refractivity (Wildman–Crippen MR) is 95.0 cm³/mol. The van der Waals surface area contributed by atoms with E-state index >= 15 is 0 Å². The van der Waals surface area contributed by atoms with Gasteiger partial charge >= 0.3 is 0 Å². The number of carbonyl (C=O) groups excluding carboxylic acids is 1. The Morgan fingerprint density at radius 1 is 1.20 bits per heavy atom. The Labute approximate surface area is 149 Å². The maximum absolute atomic E-state index is 13.3. The summed E-state index contributed by atoms with van der Waals surface area (Å²) in [5, 5.41) is 4.96. The molecule has 1 N–H and O–H groups in total. The first kappa shape index (κ1) is 17.1. The second kappa shape index (κ2) is 7.90. The van der Waals surface area contributed by atoms with E-state index in [1.54, 1.807) is 42.8 Å². The van der Waals surface area contributed by atoms with Crippen LogP contribution < -0.4 is 10.1 Å². The van der Waals surface area contributed by atoms with Gasteiger partial charge in [-0.15, -0.1) is 11.3 Å². The van der Waals surface area contributed by atoms with Crippen molar-refractivity contribution in [3.8, 4) is 5.75 Å². The van der Waals surface area contributed by atoms with Gasteiger partial charge in [0.15, 0.2) is 6.10 Å². The van der Waals surface area contributed by atoms with E-state index in [2.05, 4.69) is 10.3 Å². The van der Waals surface area contributed by atoms with Crippen molar-refractivity contribution in [2.45, 2.75) is 19.1 Å². The van der Waals surface area contributed by atoms with Crippen LogP contribution in [0.4, 0.5) is 4.39 Å². The van der Waals surface area contributed by atoms with Crippen LogP contribution in [-0.4, -0.2) is 17.0 Å². The fourth-order valence-electron chi connectivity index (χ4n) is 2.39. The molecule has 0 aliphatic heterocycles. The molecule has 6 heteroatoms. The molecular weight excluding hydrogens is 339 g/mol. The van der Waals surface area contributed by atoms with Crippen LogP contribution >= 0.6 is 11.3 Å². The molecule has 25 heavy (non-hydrogen) atoms. The average molecular weight is 356 g/mol. The molecule has 0 radical (unpaired) electrons. The Morgan fingerprint density at radius 2 is 2.00 bits per heavy atom. The number of benzene rings is 1. The van der Waals surface area contributed by atoms with Gasteiger partial charge in [-0.1, -0.05) is 12.1 Å². The van der Waals surface area contributed by atoms with Gasteiger partial charge in [0.2, 0.25) is 0 Å². The highest BCUT2D eigenvalue weighted by molar-refractivity contribution is 7.10. The molecular formula is C19H17FN2O2S. The molecule has 3 rings (SSSR count). The van der Waals surface area contributed by atoms with E-state index in [1.807, 2.05) is 29.6 Å². The number of halogens is 1. The normalized spacial score (nSPS) is 13.0. The minimum Gasteiger partial charge on any atom is -0.481 e. The molecule has 0 bridgehead atoms. The average Bonchev–Trinajstić information content (AvgIpc) is 3.14. The quantitative estimate of drug-likeness (QED) is 0.727. The maximum Gasteiger partial charge on any atom is 0.261 e. The standard InChI is InChI=1S/C19H17FN2O2S/c1-13(24-16-5-2-4-15(20)12-16)19(23)22-18(17-6-3-11-25-17)14-7-9-21-10-8-14/h2-13,18H,1H3,(H,22,23)/t13-,18-/m0/s1. The molecule has 1 aromatic carbocycles. The summed E-state index contributed by atoms with van der Waals surface area (Å²) in [6, 6.07) is 13.1. The number of rotatable bonds is 6. The molecule has 128 valence electrons. The van der Waals surface area contributed by atoms with Gasteiger partial charge in [-0.25, -0.2) is 4.39 Å². The lowest BCUT2D eigenvalue weighted by Gasteiger charge is -2.21. The highest BCUT2D eigenvalue weighted by Crippen LogP contribution is 2.26. The number of hydrogen-bond donors (Lipinski definition) is 1. The van der Waals surface area contributed by atoms with Gasteiger partial charge in [0.05, 0.1) is 6.04 Å². The highest BCUT2D eigenvalue weighted by Gasteiger charge is 2.22. The summed E-state index contributed by atoms with van der Waals surface area (Å²) in [7, 11) is 0. The van der Waals surface area contributed by atoms with Crippen LogP contribution in [0.3, 0.4) is 0 Å². The largest absolute Gasteiger partial charge is 0.481 e. The molecule has 0 fully saturated rings. The highest BCUT2D eigenvalue weighted by atomic mass is 32.1. The number of thiophene rings is 1. The minimum absolute atomic E-state index is 0.278. The van der Waals surface area contributed by atoms with Crippen molar-refractivity contribution in [2.75, 3.05) is 0 Å². The van der Waals surface area contributed by atoms with Crippen molar-refractivity contribution in [1.29, 1.82) is 0 Å². The third kappa shape index (κ3) is 4.42. The summed E-state index contributed by atoms with van der Waals surface area (Å²) in [5.74, 6) is -0.364. The van der Waals surface area contributed by atoms with E-state index in [0.717, 1.165) is 10.4 Å². The first-order valence-electron chi connectivity index (χ1n) is 7.79. The Hall–Kier alpha value is -2.73. The van der Waals surface area contributed by atoms with Gasteiger partial charge in [0, 0.05) is 23.3 Å². The Bertz CT molecular complexity index is 824. The summed E-state index contributed by atoms with van der Waals surface area (Å²) in [4.78, 5) is 17.6. The van der Waals surface area contributed by atoms with Gasteiger partial charge < -0.3 is 10.1 Å². The van der Waals surface area contributed by atoms with Gasteiger partial charge in [-0.05, 0) is 48.2 Å². The molecule has 2 heterocycles. The van der Waals surface area contributed by atoms with Crippen molar-refractivity contribution in [3.05, 3.63) is 82.6 Å². The van der Waals surface area contributed by atoms with Crippen molar-refractivity contribution >= 4 is 17.2 Å². The molecule has 0 aliphatic rings. The SMILES string of the molecule is C[C@H](Oc1cccc(F)c1)C(=O)N[C@@H](c1ccncc1)c1cccs1. The first-order valence-corrected chi connectivity index (χ1v) is 8.67. The molecule has 3 aromatic rings. The molecule has 0 spiro atoms. The number of ether oxygens (including phenoxy) is 1. The first-order chi connectivity index (χ1) is 12.1. The number of hydrogen-bond acceptors (Lipinski definition) is 4. The van der Waals surface area contributed by atoms with Gasteiger partial charge in [0.25, 0.3) is 5.91 Å². The lowest BCUT2D eigenvalue weighted by atomic mass is 10.1. The third-order valence-corrected chi connectivity index (χ3v) is 4.57. The summed E-state index contributed by atoms with van der Waals surface area (Å²) in [6.07, 6.45) is 2.62. The number of nitrogens with zero attached hydrogens (tertiary/aromatic N) is 1. The predicted octanol–water partition coefficient (Wildman–Crippen LogP) is 3.96. The molecule has 2 aromatic heterocycles. The van der Waals surface area contributed by atoms with Crippen LogP contribution in [0.5, 0.6) is 5.75 Å². The lowest BCUT2D eigenvalue weighted by Crippen LogP contribution is -2.38. The number of carbonyl (C=O) groups is 1. The zero-order chi connectivity index (χ0) is 17.6. The van der Waals surface area contributed by atoms with Crippen LogP contribution in [0, 0.1) is 5.82 Å². The molecule has 0 saturated heterocycles. The van der Waals surface area contributed by atoms with Crippen molar-refractivity contribution in [3.63, 3.8) is 0 Å². The van der Waals surface area contributed by atoms with Crippen LogP contribution in [0.15, 0.2) is 66.3 Å². The number of pyridine rings is 1. The Balaban J connectivity index is 1.74. The van der Waals surface area contributed by atoms with Gasteiger partial charge in [0.1, 0.15) is 11.6 Å². The summed E-state index contributed by atoms with van der Waals surface area (Å²) >= 11 is 1.56. The second-order valence-electron chi connectivity index (χ2n) is 5.46. The molecule has 1 amide bonds. The van der Waals surface area contributed by atoms with E-state index in [0.29, 0.717) is 5.75 Å². The van der Waals surface area contributed by atoms with E-state index in [-0.39, 0.29) is 11.9 Å². The van der Waals surface area contributed by atoms with Gasteiger partial charge in [-0.3, -0.25) is 9.78 Å². The summed E-state index contributed by atoms with van der Waals surface area (Å²) in [5.41, 5.74) is 0.934. The molecule has 4 nitrogen and oxygen atoms in total. The van der Waals surface area contributed by atoms with Crippen molar-refractivity contribution < 1.29 is 13.9 Å². The van der Waals surface area contributed by atoms with Crippen LogP contribution in [-0.2, 0) is 4.79 Å². The molecule has 2 atom stereocenters. The Morgan fingerprint density at radius 3 is 2.68 bits per heavy atom. The van der Waals surface area contributed by atoms with Crippen LogP contribution in [0.1, 0.15) is 23.4 Å². The molecule has 0 saturated carbocycles. The molecule has 0 aliphatic carbocycles. The monoisotopic (exact) mass is 356 g/mol. The minimum atomic E-state index is -0.758. The lowest BCUT2D eigenvalue weighted by molar-refractivity contribution is -0.127. The molecule has 0 unspecified atom stereocenters. The second-order valence-corrected chi connectivity index (χ2v) is 6.43. The van der Waals surface area contributed by atoms with Crippen molar-refractivity contribution in [1.82, 2.24) is 10.3 Å². The number of aromatic nitrogens is 1. The van der Waals surface area contributed by atoms with E-state index < -0.39 is 11.9 Å². The van der Waals surface area contributed by atoms with E-state index in [4.69, 9.17) is 4.74 Å². The van der Waals surface area contributed by atoms with E-state index in [1.165, 1.54) is 12.1 Å². The maximum atomic E-state index is 13.3. The number of nitrogens with one attached hydrogen (secondary N) is 1. The summed E-state index contributed by atoms with van der Waals surface area (Å²) in [6.45, 7) is 1.64. The fraction of sp³-hybridized carbons (Fsp3) is 0.158. The third-order valence-electron chi connectivity index (χ3n) is 3.63. The summed E-state index contributed by atoms with van der Waals surface area (Å²) < 4.78 is 18.8. The fourth-order valence-corrected chi connectivity index (χ4v) is 3.19. The Kier molecular flexibility index (Phi) is 5.40.